The zero-order valence-electron chi connectivity index (χ0n) is 20.8. The molecule has 0 unspecified atom stereocenters. The molecule has 0 heterocycles. The summed E-state index contributed by atoms with van der Waals surface area (Å²) < 4.78 is 16.0. The second-order valence-corrected chi connectivity index (χ2v) is 8.33. The normalized spacial score (nSPS) is 11.0. The van der Waals surface area contributed by atoms with Gasteiger partial charge in [-0.25, -0.2) is 0 Å². The summed E-state index contributed by atoms with van der Waals surface area (Å²) in [6.45, 7) is 2.27. The average Bonchev–Trinajstić information content (AvgIpc) is 2.81. The van der Waals surface area contributed by atoms with Crippen molar-refractivity contribution in [3.8, 4) is 17.2 Å². The number of methoxy groups -OCH3 is 3. The number of hydrogen-bond donors (Lipinski definition) is 1. The molecule has 0 atom stereocenters. The van der Waals surface area contributed by atoms with Crippen LogP contribution < -0.4 is 19.5 Å². The maximum absolute atomic E-state index is 12.3. The van der Waals surface area contributed by atoms with Crippen LogP contribution in [0.1, 0.15) is 96.8 Å². The molecule has 182 valence electrons. The minimum Gasteiger partial charge on any atom is -0.496 e. The second kappa shape index (κ2) is 18.4. The van der Waals surface area contributed by atoms with Gasteiger partial charge in [0.25, 0.3) is 0 Å². The Morgan fingerprint density at radius 3 is 1.66 bits per heavy atom. The largest absolute Gasteiger partial charge is 0.496 e. The van der Waals surface area contributed by atoms with E-state index in [-0.39, 0.29) is 5.91 Å². The number of allylic oxidation sites excluding steroid dienone is 1. The molecule has 1 amide bonds. The van der Waals surface area contributed by atoms with Gasteiger partial charge in [-0.2, -0.15) is 0 Å². The molecular formula is C27H45NO4. The molecule has 0 aromatic heterocycles. The molecule has 0 aliphatic heterocycles. The van der Waals surface area contributed by atoms with Crippen molar-refractivity contribution in [3.63, 3.8) is 0 Å². The zero-order valence-corrected chi connectivity index (χ0v) is 20.8. The zero-order chi connectivity index (χ0) is 23.4. The minimum absolute atomic E-state index is 0.193. The number of hydrogen-bond acceptors (Lipinski definition) is 4. The van der Waals surface area contributed by atoms with Crippen molar-refractivity contribution >= 4 is 11.6 Å². The number of nitrogens with one attached hydrogen (secondary N) is 1. The number of carbonyl (C=O) groups is 1. The van der Waals surface area contributed by atoms with E-state index < -0.39 is 0 Å². The van der Waals surface area contributed by atoms with E-state index in [9.17, 15) is 4.79 Å². The van der Waals surface area contributed by atoms with E-state index in [0.29, 0.717) is 22.9 Å². The van der Waals surface area contributed by atoms with Gasteiger partial charge in [-0.15, -0.1) is 0 Å². The van der Waals surface area contributed by atoms with Gasteiger partial charge in [0, 0.05) is 12.1 Å². The average molecular weight is 448 g/mol. The molecule has 5 nitrogen and oxygen atoms in total. The predicted molar refractivity (Wildman–Crippen MR) is 134 cm³/mol. The van der Waals surface area contributed by atoms with Gasteiger partial charge in [-0.3, -0.25) is 4.79 Å². The van der Waals surface area contributed by atoms with Gasteiger partial charge < -0.3 is 19.5 Å². The lowest BCUT2D eigenvalue weighted by Crippen LogP contribution is -2.10. The monoisotopic (exact) mass is 447 g/mol. The quantitative estimate of drug-likeness (QED) is 0.174. The molecule has 0 aliphatic carbocycles. The van der Waals surface area contributed by atoms with Gasteiger partial charge in [0.05, 0.1) is 21.3 Å². The second-order valence-electron chi connectivity index (χ2n) is 8.33. The van der Waals surface area contributed by atoms with Gasteiger partial charge in [-0.05, 0) is 18.9 Å². The third-order valence-corrected chi connectivity index (χ3v) is 5.71. The highest BCUT2D eigenvalue weighted by atomic mass is 16.5. The molecule has 0 aliphatic rings. The van der Waals surface area contributed by atoms with Gasteiger partial charge in [-0.1, -0.05) is 90.0 Å². The summed E-state index contributed by atoms with van der Waals surface area (Å²) in [6.07, 6.45) is 21.9. The Morgan fingerprint density at radius 1 is 0.750 bits per heavy atom. The number of rotatable bonds is 19. The van der Waals surface area contributed by atoms with E-state index >= 15 is 0 Å². The van der Waals surface area contributed by atoms with Crippen molar-refractivity contribution in [2.24, 2.45) is 0 Å². The van der Waals surface area contributed by atoms with Crippen LogP contribution in [0, 0.1) is 0 Å². The molecule has 32 heavy (non-hydrogen) atoms. The van der Waals surface area contributed by atoms with E-state index in [1.54, 1.807) is 39.5 Å². The van der Waals surface area contributed by atoms with Gasteiger partial charge >= 0.3 is 0 Å². The maximum atomic E-state index is 12.3. The first-order valence-corrected chi connectivity index (χ1v) is 12.4. The maximum Gasteiger partial charge on any atom is 0.248 e. The van der Waals surface area contributed by atoms with Crippen molar-refractivity contribution in [3.05, 3.63) is 24.3 Å². The van der Waals surface area contributed by atoms with Gasteiger partial charge in [0.15, 0.2) is 0 Å². The Morgan fingerprint density at radius 2 is 1.22 bits per heavy atom. The fraction of sp³-hybridized carbons (Fsp3) is 0.667. The van der Waals surface area contributed by atoms with Crippen molar-refractivity contribution in [1.82, 2.24) is 0 Å². The molecule has 0 bridgehead atoms. The summed E-state index contributed by atoms with van der Waals surface area (Å²) in [6, 6.07) is 3.44. The summed E-state index contributed by atoms with van der Waals surface area (Å²) in [5.74, 6) is 1.41. The fourth-order valence-corrected chi connectivity index (χ4v) is 3.76. The minimum atomic E-state index is -0.193. The van der Waals surface area contributed by atoms with Crippen molar-refractivity contribution < 1.29 is 19.0 Å². The van der Waals surface area contributed by atoms with Crippen LogP contribution >= 0.6 is 0 Å². The number of carbonyl (C=O) groups excluding carboxylic acids is 1. The number of amides is 1. The molecule has 0 fully saturated rings. The number of benzene rings is 1. The molecule has 0 spiro atoms. The summed E-state index contributed by atoms with van der Waals surface area (Å²) in [7, 11) is 4.68. The highest BCUT2D eigenvalue weighted by Crippen LogP contribution is 2.38. The molecule has 1 aromatic carbocycles. The van der Waals surface area contributed by atoms with E-state index in [1.807, 2.05) is 6.08 Å². The Kier molecular flexibility index (Phi) is 16.0. The van der Waals surface area contributed by atoms with Crippen LogP contribution in [0.15, 0.2) is 24.3 Å². The standard InChI is InChI=1S/C27H45NO4/c1-5-6-7-8-9-10-11-12-13-14-15-16-17-18-19-20-26(29)28-27-24(31-3)21-23(30-2)22-25(27)32-4/h19-22H,5-18H2,1-4H3,(H,28,29). The first-order valence-electron chi connectivity index (χ1n) is 12.4. The summed E-state index contributed by atoms with van der Waals surface area (Å²) >= 11 is 0. The van der Waals surface area contributed by atoms with Gasteiger partial charge in [0.1, 0.15) is 22.9 Å². The summed E-state index contributed by atoms with van der Waals surface area (Å²) in [4.78, 5) is 12.3. The Bertz CT molecular complexity index is 632. The topological polar surface area (TPSA) is 56.8 Å². The Balaban J connectivity index is 2.15. The SMILES string of the molecule is CCCCCCCCCCCCCCCC=CC(=O)Nc1c(OC)cc(OC)cc1OC. The van der Waals surface area contributed by atoms with E-state index in [1.165, 1.54) is 77.0 Å². The Labute approximate surface area is 195 Å². The third-order valence-electron chi connectivity index (χ3n) is 5.71. The van der Waals surface area contributed by atoms with Crippen LogP contribution in [0.25, 0.3) is 0 Å². The highest BCUT2D eigenvalue weighted by molar-refractivity contribution is 6.01. The first-order chi connectivity index (χ1) is 15.7. The third kappa shape index (κ3) is 12.0. The molecule has 0 saturated carbocycles. The van der Waals surface area contributed by atoms with E-state index in [2.05, 4.69) is 12.2 Å². The molecule has 0 saturated heterocycles. The lowest BCUT2D eigenvalue weighted by molar-refractivity contribution is -0.111. The summed E-state index contributed by atoms with van der Waals surface area (Å²) in [5.41, 5.74) is 0.506. The van der Waals surface area contributed by atoms with Gasteiger partial charge in [0.2, 0.25) is 5.91 Å². The lowest BCUT2D eigenvalue weighted by atomic mass is 10.0. The van der Waals surface area contributed by atoms with Crippen LogP contribution in [0.3, 0.4) is 0 Å². The highest BCUT2D eigenvalue weighted by Gasteiger charge is 2.14. The fourth-order valence-electron chi connectivity index (χ4n) is 3.76. The van der Waals surface area contributed by atoms with Crippen LogP contribution in [0.5, 0.6) is 17.2 Å². The van der Waals surface area contributed by atoms with E-state index in [0.717, 1.165) is 12.8 Å². The Hall–Kier alpha value is -2.17. The number of unbranched alkanes of at least 4 members (excludes halogenated alkanes) is 13. The van der Waals surface area contributed by atoms with Crippen LogP contribution in [0.4, 0.5) is 5.69 Å². The van der Waals surface area contributed by atoms with Crippen molar-refractivity contribution in [2.45, 2.75) is 96.8 Å². The molecular weight excluding hydrogens is 402 g/mol. The molecule has 5 heteroatoms. The predicted octanol–water partition coefficient (Wildman–Crippen LogP) is 7.69. The van der Waals surface area contributed by atoms with E-state index in [4.69, 9.17) is 14.2 Å². The first kappa shape index (κ1) is 27.9. The molecule has 1 aromatic rings. The number of anilines is 1. The van der Waals surface area contributed by atoms with Crippen LogP contribution in [0.2, 0.25) is 0 Å². The lowest BCUT2D eigenvalue weighted by Gasteiger charge is -2.15. The van der Waals surface area contributed by atoms with Crippen LogP contribution in [-0.2, 0) is 4.79 Å². The molecule has 1 rings (SSSR count). The molecule has 1 N–H and O–H groups in total. The smallest absolute Gasteiger partial charge is 0.248 e. The number of ether oxygens (including phenoxy) is 3. The van der Waals surface area contributed by atoms with Crippen molar-refractivity contribution in [2.75, 3.05) is 26.6 Å². The summed E-state index contributed by atoms with van der Waals surface area (Å²) in [5, 5.41) is 2.85. The molecule has 0 radical (unpaired) electrons. The van der Waals surface area contributed by atoms with Crippen molar-refractivity contribution in [1.29, 1.82) is 0 Å². The van der Waals surface area contributed by atoms with Crippen LogP contribution in [-0.4, -0.2) is 27.2 Å².